The van der Waals surface area contributed by atoms with Gasteiger partial charge in [-0.3, -0.25) is 14.4 Å². The molecule has 0 spiro atoms. The summed E-state index contributed by atoms with van der Waals surface area (Å²) in [5, 5.41) is 1.12. The van der Waals surface area contributed by atoms with Gasteiger partial charge in [0.2, 0.25) is 0 Å². The molecule has 2 aromatic rings. The molecular weight excluding hydrogens is 325 g/mol. The normalized spacial score (nSPS) is 10.1. The molecule has 0 atom stereocenters. The van der Waals surface area contributed by atoms with Crippen LogP contribution in [-0.4, -0.2) is 16.4 Å². The zero-order valence-electron chi connectivity index (χ0n) is 11.5. The Labute approximate surface area is 137 Å². The number of halogens is 2. The van der Waals surface area contributed by atoms with Crippen LogP contribution in [-0.2, 0) is 0 Å². The third kappa shape index (κ3) is 3.93. The highest BCUT2D eigenvalue weighted by molar-refractivity contribution is 6.69. The van der Waals surface area contributed by atoms with E-state index >= 15 is 0 Å². The number of rotatable bonds is 4. The fourth-order valence-electron chi connectivity index (χ4n) is 1.83. The minimum absolute atomic E-state index is 0.0763. The number of carbonyl (C=O) groups is 3. The van der Waals surface area contributed by atoms with E-state index < -0.39 is 10.5 Å². The molecule has 0 aliphatic rings. The van der Waals surface area contributed by atoms with E-state index in [9.17, 15) is 14.4 Å². The van der Waals surface area contributed by atoms with E-state index in [-0.39, 0.29) is 22.7 Å². The van der Waals surface area contributed by atoms with Crippen molar-refractivity contribution in [2.75, 3.05) is 5.32 Å². The molecule has 0 saturated carbocycles. The molecule has 2 rings (SSSR count). The van der Waals surface area contributed by atoms with E-state index in [0.29, 0.717) is 5.56 Å². The maximum Gasteiger partial charge on any atom is 0.255 e. The van der Waals surface area contributed by atoms with E-state index in [4.69, 9.17) is 23.2 Å². The Kier molecular flexibility index (Phi) is 4.96. The largest absolute Gasteiger partial charge is 0.322 e. The van der Waals surface area contributed by atoms with Crippen molar-refractivity contribution in [3.05, 3.63) is 64.7 Å². The standard InChI is InChI=1S/C16H11Cl2NO3/c1-9-2-4-10(5-3-9)16(22)19-13-7-11(14(17)20)6-12(8-13)15(18)21/h2-8H,1H3,(H,19,22). The van der Waals surface area contributed by atoms with Crippen LogP contribution in [0.25, 0.3) is 0 Å². The van der Waals surface area contributed by atoms with Gasteiger partial charge in [-0.25, -0.2) is 0 Å². The minimum Gasteiger partial charge on any atom is -0.322 e. The van der Waals surface area contributed by atoms with Crippen molar-refractivity contribution in [2.24, 2.45) is 0 Å². The van der Waals surface area contributed by atoms with Crippen LogP contribution < -0.4 is 5.32 Å². The van der Waals surface area contributed by atoms with Gasteiger partial charge in [-0.2, -0.15) is 0 Å². The molecule has 0 heterocycles. The Hall–Kier alpha value is -2.17. The van der Waals surface area contributed by atoms with Crippen molar-refractivity contribution in [1.82, 2.24) is 0 Å². The fourth-order valence-corrected chi connectivity index (χ4v) is 2.05. The first-order chi connectivity index (χ1) is 10.4. The zero-order valence-corrected chi connectivity index (χ0v) is 13.0. The van der Waals surface area contributed by atoms with Crippen molar-refractivity contribution in [3.63, 3.8) is 0 Å². The number of carbonyl (C=O) groups excluding carboxylic acids is 3. The van der Waals surface area contributed by atoms with Crippen molar-refractivity contribution in [2.45, 2.75) is 6.92 Å². The molecule has 112 valence electrons. The predicted molar refractivity (Wildman–Crippen MR) is 85.9 cm³/mol. The predicted octanol–water partition coefficient (Wildman–Crippen LogP) is 4.01. The van der Waals surface area contributed by atoms with Gasteiger partial charge < -0.3 is 5.32 Å². The second kappa shape index (κ2) is 6.73. The lowest BCUT2D eigenvalue weighted by Crippen LogP contribution is -2.12. The van der Waals surface area contributed by atoms with E-state index in [1.807, 2.05) is 6.92 Å². The lowest BCUT2D eigenvalue weighted by molar-refractivity contribution is 0.102. The van der Waals surface area contributed by atoms with Gasteiger partial charge >= 0.3 is 0 Å². The number of nitrogens with one attached hydrogen (secondary N) is 1. The van der Waals surface area contributed by atoms with Crippen LogP contribution in [0.2, 0.25) is 0 Å². The lowest BCUT2D eigenvalue weighted by Gasteiger charge is -2.08. The zero-order chi connectivity index (χ0) is 16.3. The monoisotopic (exact) mass is 335 g/mol. The summed E-state index contributed by atoms with van der Waals surface area (Å²) >= 11 is 10.8. The molecule has 4 nitrogen and oxygen atoms in total. The summed E-state index contributed by atoms with van der Waals surface area (Å²) in [6.07, 6.45) is 0. The maximum atomic E-state index is 12.1. The van der Waals surface area contributed by atoms with E-state index in [2.05, 4.69) is 5.32 Å². The number of hydrogen-bond acceptors (Lipinski definition) is 3. The second-order valence-corrected chi connectivity index (χ2v) is 5.35. The molecule has 0 bridgehead atoms. The molecule has 0 aliphatic carbocycles. The average Bonchev–Trinajstić information content (AvgIpc) is 2.47. The van der Waals surface area contributed by atoms with Gasteiger partial charge in [-0.05, 0) is 60.5 Å². The SMILES string of the molecule is Cc1ccc(C(=O)Nc2cc(C(=O)Cl)cc(C(=O)Cl)c2)cc1. The molecule has 0 radical (unpaired) electrons. The van der Waals surface area contributed by atoms with Gasteiger partial charge in [0, 0.05) is 22.4 Å². The molecular formula is C16H11Cl2NO3. The first-order valence-corrected chi connectivity index (χ1v) is 7.05. The third-order valence-electron chi connectivity index (χ3n) is 2.96. The molecule has 0 unspecified atom stereocenters. The number of aryl methyl sites for hydroxylation is 1. The Balaban J connectivity index is 2.32. The Bertz CT molecular complexity index is 722. The minimum atomic E-state index is -0.745. The molecule has 0 aliphatic heterocycles. The highest BCUT2D eigenvalue weighted by Gasteiger charge is 2.12. The molecule has 1 amide bonds. The van der Waals surface area contributed by atoms with Gasteiger partial charge in [0.25, 0.3) is 16.4 Å². The number of benzene rings is 2. The molecule has 6 heteroatoms. The summed E-state index contributed by atoms with van der Waals surface area (Å²) in [7, 11) is 0. The van der Waals surface area contributed by atoms with Crippen LogP contribution in [0.15, 0.2) is 42.5 Å². The fraction of sp³-hybridized carbons (Fsp3) is 0.0625. The summed E-state index contributed by atoms with van der Waals surface area (Å²) in [6, 6.07) is 11.0. The van der Waals surface area contributed by atoms with Crippen LogP contribution in [0.3, 0.4) is 0 Å². The number of amides is 1. The molecule has 2 aromatic carbocycles. The molecule has 0 aromatic heterocycles. The Morgan fingerprint density at radius 3 is 1.77 bits per heavy atom. The van der Waals surface area contributed by atoms with E-state index in [0.717, 1.165) is 5.56 Å². The topological polar surface area (TPSA) is 63.2 Å². The van der Waals surface area contributed by atoms with Crippen molar-refractivity contribution in [3.8, 4) is 0 Å². The highest BCUT2D eigenvalue weighted by Crippen LogP contribution is 2.19. The van der Waals surface area contributed by atoms with Crippen LogP contribution >= 0.6 is 23.2 Å². The Morgan fingerprint density at radius 1 is 0.818 bits per heavy atom. The molecule has 1 N–H and O–H groups in total. The van der Waals surface area contributed by atoms with Crippen LogP contribution in [0.4, 0.5) is 5.69 Å². The van der Waals surface area contributed by atoms with Crippen molar-refractivity contribution in [1.29, 1.82) is 0 Å². The lowest BCUT2D eigenvalue weighted by atomic mass is 10.1. The summed E-state index contributed by atoms with van der Waals surface area (Å²) in [5.74, 6) is -0.368. The van der Waals surface area contributed by atoms with Gasteiger partial charge in [-0.15, -0.1) is 0 Å². The summed E-state index contributed by atoms with van der Waals surface area (Å²) in [5.41, 5.74) is 1.90. The van der Waals surface area contributed by atoms with Gasteiger partial charge in [-0.1, -0.05) is 17.7 Å². The smallest absolute Gasteiger partial charge is 0.255 e. The molecule has 0 saturated heterocycles. The quantitative estimate of drug-likeness (QED) is 0.858. The van der Waals surface area contributed by atoms with Crippen LogP contribution in [0.1, 0.15) is 36.6 Å². The second-order valence-electron chi connectivity index (χ2n) is 4.67. The van der Waals surface area contributed by atoms with Crippen molar-refractivity contribution >= 4 is 45.3 Å². The Morgan fingerprint density at radius 2 is 1.32 bits per heavy atom. The van der Waals surface area contributed by atoms with E-state index in [1.165, 1.54) is 18.2 Å². The first kappa shape index (κ1) is 16.2. The number of anilines is 1. The van der Waals surface area contributed by atoms with E-state index in [1.54, 1.807) is 24.3 Å². The molecule has 22 heavy (non-hydrogen) atoms. The number of hydrogen-bond donors (Lipinski definition) is 1. The van der Waals surface area contributed by atoms with Gasteiger partial charge in [0.05, 0.1) is 0 Å². The highest BCUT2D eigenvalue weighted by atomic mass is 35.5. The molecule has 0 fully saturated rings. The van der Waals surface area contributed by atoms with Crippen LogP contribution in [0.5, 0.6) is 0 Å². The summed E-state index contributed by atoms with van der Waals surface area (Å²) in [4.78, 5) is 34.7. The summed E-state index contributed by atoms with van der Waals surface area (Å²) < 4.78 is 0. The maximum absolute atomic E-state index is 12.1. The summed E-state index contributed by atoms with van der Waals surface area (Å²) in [6.45, 7) is 1.91. The van der Waals surface area contributed by atoms with Gasteiger partial charge in [0.1, 0.15) is 0 Å². The average molecular weight is 336 g/mol. The van der Waals surface area contributed by atoms with Crippen molar-refractivity contribution < 1.29 is 14.4 Å². The van der Waals surface area contributed by atoms with Gasteiger partial charge in [0.15, 0.2) is 0 Å². The third-order valence-corrected chi connectivity index (χ3v) is 3.39. The van der Waals surface area contributed by atoms with Crippen LogP contribution in [0, 0.1) is 6.92 Å². The first-order valence-electron chi connectivity index (χ1n) is 6.29.